The van der Waals surface area contributed by atoms with Crippen LogP contribution in [0.4, 0.5) is 0 Å². The molecule has 2 aromatic rings. The molecule has 0 aliphatic rings. The average Bonchev–Trinajstić information content (AvgIpc) is 2.47. The number of hydrogen-bond acceptors (Lipinski definition) is 1. The molecule has 0 aromatic heterocycles. The van der Waals surface area contributed by atoms with Crippen LogP contribution in [-0.2, 0) is 11.0 Å². The lowest BCUT2D eigenvalue weighted by atomic mass is 10.0. The maximum absolute atomic E-state index is 12.3. The van der Waals surface area contributed by atoms with Crippen molar-refractivity contribution in [3.05, 3.63) is 48.0 Å². The van der Waals surface area contributed by atoms with Crippen LogP contribution in [0.2, 0.25) is 0 Å². The summed E-state index contributed by atoms with van der Waals surface area (Å²) < 4.78 is 12.3. The zero-order valence-corrected chi connectivity index (χ0v) is 12.6. The number of benzene rings is 2. The molecular weight excluding hydrogens is 253 g/mol. The smallest absolute Gasteiger partial charge is 0.147 e. The summed E-state index contributed by atoms with van der Waals surface area (Å²) in [4.78, 5) is 0. The van der Waals surface area contributed by atoms with Crippen LogP contribution in [0.5, 0.6) is 0 Å². The highest BCUT2D eigenvalue weighted by Gasteiger charge is 2.15. The summed E-state index contributed by atoms with van der Waals surface area (Å²) in [5, 5.41) is 5.84. The monoisotopic (exact) mass is 275 g/mol. The molecule has 0 spiro atoms. The van der Waals surface area contributed by atoms with Crippen molar-refractivity contribution in [2.24, 2.45) is 0 Å². The van der Waals surface area contributed by atoms with Gasteiger partial charge < -0.3 is 4.57 Å². The van der Waals surface area contributed by atoms with Crippen molar-refractivity contribution in [2.45, 2.75) is 20.3 Å². The quantitative estimate of drug-likeness (QED) is 0.797. The van der Waals surface area contributed by atoms with Gasteiger partial charge in [-0.2, -0.15) is 0 Å². The molecule has 0 amide bonds. The van der Waals surface area contributed by atoms with Crippen LogP contribution in [-0.4, -0.2) is 18.9 Å². The molecule has 0 radical (unpaired) electrons. The molecule has 0 fully saturated rings. The number of nitrogens with one attached hydrogen (secondary N) is 1. The van der Waals surface area contributed by atoms with Crippen molar-refractivity contribution < 1.29 is 4.57 Å². The van der Waals surface area contributed by atoms with Crippen molar-refractivity contribution in [3.63, 3.8) is 0 Å². The molecule has 102 valence electrons. The van der Waals surface area contributed by atoms with Crippen LogP contribution in [0.1, 0.15) is 19.4 Å². The fourth-order valence-electron chi connectivity index (χ4n) is 2.35. The van der Waals surface area contributed by atoms with Gasteiger partial charge in [-0.3, -0.25) is 5.09 Å². The molecule has 3 heteroatoms. The Balaban J connectivity index is 2.08. The standard InChI is InChI=1S/C16H22NOP/c1-3-19(18,4-2)17-13-12-15-10-7-9-14-8-5-6-11-16(14)15/h5-11H,3-4,12-13H2,1-2H3,(H,17,18). The molecule has 2 rings (SSSR count). The molecule has 0 heterocycles. The van der Waals surface area contributed by atoms with Crippen LogP contribution < -0.4 is 5.09 Å². The van der Waals surface area contributed by atoms with Gasteiger partial charge in [-0.25, -0.2) is 0 Å². The Hall–Kier alpha value is -1.11. The molecule has 0 bridgehead atoms. The first-order chi connectivity index (χ1) is 9.18. The summed E-state index contributed by atoms with van der Waals surface area (Å²) in [7, 11) is -2.13. The first-order valence-corrected chi connectivity index (χ1v) is 9.06. The number of rotatable bonds is 6. The fraction of sp³-hybridized carbons (Fsp3) is 0.375. The summed E-state index contributed by atoms with van der Waals surface area (Å²) in [6.45, 7) is 4.78. The zero-order chi connectivity index (χ0) is 13.7. The lowest BCUT2D eigenvalue weighted by Gasteiger charge is -2.16. The Morgan fingerprint density at radius 2 is 1.68 bits per heavy atom. The second-order valence-corrected chi connectivity index (χ2v) is 8.18. The molecular formula is C16H22NOP. The number of hydrogen-bond donors (Lipinski definition) is 1. The molecule has 0 atom stereocenters. The Morgan fingerprint density at radius 3 is 2.42 bits per heavy atom. The summed E-state index contributed by atoms with van der Waals surface area (Å²) in [5.74, 6) is 0. The highest BCUT2D eigenvalue weighted by atomic mass is 31.2. The van der Waals surface area contributed by atoms with Crippen molar-refractivity contribution in [1.29, 1.82) is 0 Å². The molecule has 0 saturated heterocycles. The van der Waals surface area contributed by atoms with Crippen LogP contribution in [0.15, 0.2) is 42.5 Å². The minimum absolute atomic E-state index is 0.735. The van der Waals surface area contributed by atoms with Crippen LogP contribution >= 0.6 is 7.29 Å². The van der Waals surface area contributed by atoms with E-state index in [1.807, 2.05) is 13.8 Å². The predicted octanol–water partition coefficient (Wildman–Crippen LogP) is 4.29. The normalized spacial score (nSPS) is 11.9. The molecule has 0 unspecified atom stereocenters. The highest BCUT2D eigenvalue weighted by Crippen LogP contribution is 2.39. The van der Waals surface area contributed by atoms with E-state index in [0.717, 1.165) is 25.3 Å². The molecule has 2 aromatic carbocycles. The van der Waals surface area contributed by atoms with E-state index in [-0.39, 0.29) is 0 Å². The molecule has 0 saturated carbocycles. The summed E-state index contributed by atoms with van der Waals surface area (Å²) in [6, 6.07) is 14.8. The van der Waals surface area contributed by atoms with E-state index in [1.165, 1.54) is 16.3 Å². The van der Waals surface area contributed by atoms with Crippen LogP contribution in [0.25, 0.3) is 10.8 Å². The first kappa shape index (κ1) is 14.3. The summed E-state index contributed by atoms with van der Waals surface area (Å²) in [6.07, 6.45) is 2.39. The molecule has 19 heavy (non-hydrogen) atoms. The van der Waals surface area contributed by atoms with E-state index >= 15 is 0 Å². The Kier molecular flexibility index (Phi) is 4.79. The Morgan fingerprint density at radius 1 is 1.00 bits per heavy atom. The van der Waals surface area contributed by atoms with Gasteiger partial charge in [0.05, 0.1) is 0 Å². The molecule has 2 nitrogen and oxygen atoms in total. The van der Waals surface area contributed by atoms with Gasteiger partial charge in [0.25, 0.3) is 0 Å². The van der Waals surface area contributed by atoms with E-state index in [4.69, 9.17) is 0 Å². The SMILES string of the molecule is CCP(=O)(CC)NCCc1cccc2ccccc12. The second-order valence-electron chi connectivity index (χ2n) is 4.82. The van der Waals surface area contributed by atoms with Gasteiger partial charge in [-0.15, -0.1) is 0 Å². The minimum Gasteiger partial charge on any atom is -0.307 e. The van der Waals surface area contributed by atoms with Crippen LogP contribution in [0.3, 0.4) is 0 Å². The van der Waals surface area contributed by atoms with Gasteiger partial charge in [0.1, 0.15) is 7.29 Å². The van der Waals surface area contributed by atoms with E-state index in [0.29, 0.717) is 0 Å². The van der Waals surface area contributed by atoms with Gasteiger partial charge >= 0.3 is 0 Å². The van der Waals surface area contributed by atoms with E-state index in [9.17, 15) is 4.57 Å². The third-order valence-corrected chi connectivity index (χ3v) is 6.54. The van der Waals surface area contributed by atoms with Crippen molar-refractivity contribution in [2.75, 3.05) is 18.9 Å². The molecule has 1 N–H and O–H groups in total. The van der Waals surface area contributed by atoms with Gasteiger partial charge in [0, 0.05) is 18.9 Å². The largest absolute Gasteiger partial charge is 0.307 e. The predicted molar refractivity (Wildman–Crippen MR) is 84.3 cm³/mol. The molecule has 0 aliphatic heterocycles. The van der Waals surface area contributed by atoms with Gasteiger partial charge in [-0.05, 0) is 22.8 Å². The maximum atomic E-state index is 12.3. The third kappa shape index (κ3) is 3.46. The fourth-order valence-corrected chi connectivity index (χ4v) is 3.77. The van der Waals surface area contributed by atoms with E-state index in [2.05, 4.69) is 47.6 Å². The molecule has 0 aliphatic carbocycles. The van der Waals surface area contributed by atoms with Crippen LogP contribution in [0, 0.1) is 0 Å². The van der Waals surface area contributed by atoms with E-state index in [1.54, 1.807) is 0 Å². The zero-order valence-electron chi connectivity index (χ0n) is 11.7. The topological polar surface area (TPSA) is 29.1 Å². The van der Waals surface area contributed by atoms with Crippen molar-refractivity contribution in [1.82, 2.24) is 5.09 Å². The van der Waals surface area contributed by atoms with Crippen molar-refractivity contribution >= 4 is 18.1 Å². The lowest BCUT2D eigenvalue weighted by Crippen LogP contribution is -2.16. The average molecular weight is 275 g/mol. The van der Waals surface area contributed by atoms with E-state index < -0.39 is 7.29 Å². The lowest BCUT2D eigenvalue weighted by molar-refractivity contribution is 0.565. The first-order valence-electron chi connectivity index (χ1n) is 6.98. The Labute approximate surface area is 115 Å². The second kappa shape index (κ2) is 6.36. The Bertz CT molecular complexity index is 581. The summed E-state index contributed by atoms with van der Waals surface area (Å²) in [5.41, 5.74) is 1.32. The maximum Gasteiger partial charge on any atom is 0.147 e. The van der Waals surface area contributed by atoms with Gasteiger partial charge in [0.2, 0.25) is 0 Å². The van der Waals surface area contributed by atoms with Gasteiger partial charge in [0.15, 0.2) is 0 Å². The minimum atomic E-state index is -2.13. The number of fused-ring (bicyclic) bond motifs is 1. The highest BCUT2D eigenvalue weighted by molar-refractivity contribution is 7.61. The van der Waals surface area contributed by atoms with Gasteiger partial charge in [-0.1, -0.05) is 56.3 Å². The third-order valence-electron chi connectivity index (χ3n) is 3.70. The van der Waals surface area contributed by atoms with Crippen molar-refractivity contribution in [3.8, 4) is 0 Å². The summed E-state index contributed by atoms with van der Waals surface area (Å²) >= 11 is 0.